The molecule has 2 aromatic heterocycles. The molecule has 1 aromatic carbocycles. The van der Waals surface area contributed by atoms with E-state index in [9.17, 15) is 14.9 Å². The summed E-state index contributed by atoms with van der Waals surface area (Å²) in [7, 11) is 0. The number of carbonyl (C=O) groups excluding carboxylic acids is 1. The number of carbonyl (C=O) groups is 1. The molecule has 0 saturated carbocycles. The second-order valence-corrected chi connectivity index (χ2v) is 5.99. The molecular weight excluding hydrogens is 328 g/mol. The van der Waals surface area contributed by atoms with Crippen molar-refractivity contribution < 1.29 is 13.9 Å². The number of thiazole rings is 1. The molecule has 24 heavy (non-hydrogen) atoms. The summed E-state index contributed by atoms with van der Waals surface area (Å²) in [5, 5.41) is 12.2. The van der Waals surface area contributed by atoms with Crippen molar-refractivity contribution in [3.8, 4) is 11.8 Å². The number of Topliss-reactive ketones (excluding diaryl/α,β-unsaturated/α-hetero) is 1. The molecule has 0 aliphatic carbocycles. The normalized spacial score (nSPS) is 11.8. The maximum absolute atomic E-state index is 12.2. The van der Waals surface area contributed by atoms with E-state index in [0.29, 0.717) is 16.3 Å². The first-order valence-electron chi connectivity index (χ1n) is 7.08. The van der Waals surface area contributed by atoms with Gasteiger partial charge in [-0.2, -0.15) is 5.26 Å². The van der Waals surface area contributed by atoms with Gasteiger partial charge < -0.3 is 9.15 Å². The number of nitrogens with zero attached hydrogens (tertiary/aromatic N) is 2. The third kappa shape index (κ3) is 3.34. The predicted molar refractivity (Wildman–Crippen MR) is 88.2 cm³/mol. The number of nitriles is 1. The van der Waals surface area contributed by atoms with Gasteiger partial charge >= 0.3 is 5.63 Å². The smallest absolute Gasteiger partial charge is 0.336 e. The highest BCUT2D eigenvalue weighted by Gasteiger charge is 2.23. The first-order valence-corrected chi connectivity index (χ1v) is 7.96. The van der Waals surface area contributed by atoms with Crippen LogP contribution in [0, 0.1) is 18.3 Å². The largest absolute Gasteiger partial charge is 0.486 e. The fourth-order valence-electron chi connectivity index (χ4n) is 2.14. The van der Waals surface area contributed by atoms with Crippen molar-refractivity contribution in [1.82, 2.24) is 4.98 Å². The van der Waals surface area contributed by atoms with Gasteiger partial charge in [-0.3, -0.25) is 4.79 Å². The molecule has 0 aliphatic rings. The van der Waals surface area contributed by atoms with Crippen LogP contribution in [0.25, 0.3) is 11.0 Å². The van der Waals surface area contributed by atoms with E-state index in [0.717, 1.165) is 11.1 Å². The van der Waals surface area contributed by atoms with Crippen molar-refractivity contribution in [2.24, 2.45) is 0 Å². The molecule has 1 atom stereocenters. The lowest BCUT2D eigenvalue weighted by atomic mass is 10.1. The highest BCUT2D eigenvalue weighted by molar-refractivity contribution is 7.09. The number of ketones is 1. The quantitative estimate of drug-likeness (QED) is 0.663. The minimum Gasteiger partial charge on any atom is -0.486 e. The predicted octanol–water partition coefficient (Wildman–Crippen LogP) is 2.81. The van der Waals surface area contributed by atoms with E-state index in [2.05, 4.69) is 4.98 Å². The maximum atomic E-state index is 12.2. The van der Waals surface area contributed by atoms with Gasteiger partial charge in [0.1, 0.15) is 22.9 Å². The molecule has 1 unspecified atom stereocenters. The fraction of sp³-hybridized carbons (Fsp3) is 0.176. The van der Waals surface area contributed by atoms with Crippen LogP contribution in [0.1, 0.15) is 16.6 Å². The average Bonchev–Trinajstić information content (AvgIpc) is 2.99. The van der Waals surface area contributed by atoms with Crippen LogP contribution in [-0.4, -0.2) is 17.4 Å². The van der Waals surface area contributed by atoms with Gasteiger partial charge in [0, 0.05) is 28.6 Å². The molecule has 0 aliphatic heterocycles. The number of hydrogen-bond acceptors (Lipinski definition) is 7. The monoisotopic (exact) mass is 340 g/mol. The number of benzene rings is 1. The molecule has 0 bridgehead atoms. The van der Waals surface area contributed by atoms with E-state index in [1.54, 1.807) is 36.6 Å². The van der Waals surface area contributed by atoms with Gasteiger partial charge in [0.05, 0.1) is 6.07 Å². The summed E-state index contributed by atoms with van der Waals surface area (Å²) in [5.41, 5.74) is 0.688. The molecule has 2 heterocycles. The van der Waals surface area contributed by atoms with Crippen LogP contribution in [0.3, 0.4) is 0 Å². The molecule has 0 fully saturated rings. The van der Waals surface area contributed by atoms with Crippen molar-refractivity contribution in [2.75, 3.05) is 6.61 Å². The van der Waals surface area contributed by atoms with E-state index in [1.165, 1.54) is 17.4 Å². The minimum atomic E-state index is -0.943. The van der Waals surface area contributed by atoms with Gasteiger partial charge in [-0.25, -0.2) is 9.78 Å². The van der Waals surface area contributed by atoms with Gasteiger partial charge in [-0.05, 0) is 25.1 Å². The second kappa shape index (κ2) is 6.64. The summed E-state index contributed by atoms with van der Waals surface area (Å²) in [5.74, 6) is -0.930. The highest BCUT2D eigenvalue weighted by Crippen LogP contribution is 2.22. The molecule has 120 valence electrons. The molecule has 0 N–H and O–H groups in total. The van der Waals surface area contributed by atoms with Gasteiger partial charge in [0.15, 0.2) is 11.7 Å². The van der Waals surface area contributed by atoms with Crippen LogP contribution in [0.4, 0.5) is 0 Å². The number of aryl methyl sites for hydroxylation is 1. The Morgan fingerprint density at radius 1 is 1.42 bits per heavy atom. The number of aromatic nitrogens is 1. The summed E-state index contributed by atoms with van der Waals surface area (Å²) in [4.78, 5) is 27.6. The lowest BCUT2D eigenvalue weighted by Gasteiger charge is -2.08. The average molecular weight is 340 g/mol. The molecule has 3 rings (SSSR count). The third-order valence-electron chi connectivity index (χ3n) is 3.31. The fourth-order valence-corrected chi connectivity index (χ4v) is 3.00. The Balaban J connectivity index is 1.74. The van der Waals surface area contributed by atoms with Crippen LogP contribution < -0.4 is 10.4 Å². The van der Waals surface area contributed by atoms with Gasteiger partial charge in [0.2, 0.25) is 0 Å². The maximum Gasteiger partial charge on any atom is 0.336 e. The summed E-state index contributed by atoms with van der Waals surface area (Å²) < 4.78 is 10.5. The molecular formula is C17H12N2O4S. The summed E-state index contributed by atoms with van der Waals surface area (Å²) >= 11 is 1.28. The molecule has 0 spiro atoms. The summed E-state index contributed by atoms with van der Waals surface area (Å²) in [6.45, 7) is 1.54. The van der Waals surface area contributed by atoms with E-state index in [4.69, 9.17) is 9.15 Å². The first-order chi connectivity index (χ1) is 11.6. The lowest BCUT2D eigenvalue weighted by Crippen LogP contribution is -2.19. The van der Waals surface area contributed by atoms with E-state index in [1.807, 2.05) is 6.07 Å². The second-order valence-electron chi connectivity index (χ2n) is 5.10. The van der Waals surface area contributed by atoms with Crippen LogP contribution in [0.2, 0.25) is 0 Å². The molecule has 3 aromatic rings. The number of fused-ring (bicyclic) bond motifs is 1. The molecule has 7 heteroatoms. The van der Waals surface area contributed by atoms with Crippen LogP contribution >= 0.6 is 11.3 Å². The Morgan fingerprint density at radius 2 is 2.21 bits per heavy atom. The van der Waals surface area contributed by atoms with Crippen LogP contribution in [0.5, 0.6) is 5.75 Å². The molecule has 6 nitrogen and oxygen atoms in total. The SMILES string of the molecule is Cc1csc(C(C#N)C(=O)COc2ccc3ccc(=O)oc3c2)n1. The summed E-state index contributed by atoms with van der Waals surface area (Å²) in [6, 6.07) is 9.88. The van der Waals surface area contributed by atoms with Crippen LogP contribution in [-0.2, 0) is 4.79 Å². The lowest BCUT2D eigenvalue weighted by molar-refractivity contribution is -0.121. The van der Waals surface area contributed by atoms with E-state index in [-0.39, 0.29) is 12.4 Å². The highest BCUT2D eigenvalue weighted by atomic mass is 32.1. The van der Waals surface area contributed by atoms with Gasteiger partial charge in [0.25, 0.3) is 0 Å². The van der Waals surface area contributed by atoms with E-state index >= 15 is 0 Å². The first kappa shape index (κ1) is 15.9. The topological polar surface area (TPSA) is 93.2 Å². The molecule has 0 saturated heterocycles. The Morgan fingerprint density at radius 3 is 2.92 bits per heavy atom. The zero-order valence-electron chi connectivity index (χ0n) is 12.7. The van der Waals surface area contributed by atoms with Crippen molar-refractivity contribution in [2.45, 2.75) is 12.8 Å². The zero-order chi connectivity index (χ0) is 17.1. The Hall–Kier alpha value is -2.98. The number of ether oxygens (including phenoxy) is 1. The standard InChI is InChI=1S/C17H12N2O4S/c1-10-9-24-17(19-10)13(7-18)14(20)8-22-12-4-2-11-3-5-16(21)23-15(11)6-12/h2-6,9,13H,8H2,1H3. The van der Waals surface area contributed by atoms with Gasteiger partial charge in [-0.1, -0.05) is 0 Å². The summed E-state index contributed by atoms with van der Waals surface area (Å²) in [6.07, 6.45) is 0. The Labute approximate surface area is 140 Å². The van der Waals surface area contributed by atoms with Crippen molar-refractivity contribution in [1.29, 1.82) is 5.26 Å². The Kier molecular flexibility index (Phi) is 4.40. The number of rotatable bonds is 5. The van der Waals surface area contributed by atoms with Crippen LogP contribution in [0.15, 0.2) is 44.9 Å². The van der Waals surface area contributed by atoms with Gasteiger partial charge in [-0.15, -0.1) is 11.3 Å². The molecule has 0 radical (unpaired) electrons. The molecule has 0 amide bonds. The minimum absolute atomic E-state index is 0.264. The zero-order valence-corrected chi connectivity index (χ0v) is 13.5. The van der Waals surface area contributed by atoms with E-state index < -0.39 is 11.5 Å². The number of hydrogen-bond donors (Lipinski definition) is 0. The Bertz CT molecular complexity index is 999. The third-order valence-corrected chi connectivity index (χ3v) is 4.34. The van der Waals surface area contributed by atoms with Crippen molar-refractivity contribution >= 4 is 28.1 Å². The van der Waals surface area contributed by atoms with Crippen molar-refractivity contribution in [3.63, 3.8) is 0 Å². The van der Waals surface area contributed by atoms with Crippen molar-refractivity contribution in [3.05, 3.63) is 56.8 Å².